The maximum absolute atomic E-state index is 13.0. The van der Waals surface area contributed by atoms with E-state index in [4.69, 9.17) is 5.26 Å². The third kappa shape index (κ3) is 4.20. The van der Waals surface area contributed by atoms with Crippen molar-refractivity contribution in [3.05, 3.63) is 41.4 Å². The molecule has 0 N–H and O–H groups in total. The van der Waals surface area contributed by atoms with Crippen molar-refractivity contribution in [3.8, 4) is 17.5 Å². The average Bonchev–Trinajstić information content (AvgIpc) is 3.22. The smallest absolute Gasteiger partial charge is 0.291 e. The second-order valence-corrected chi connectivity index (χ2v) is 6.25. The Hall–Kier alpha value is -3.89. The summed E-state index contributed by atoms with van der Waals surface area (Å²) in [6.45, 7) is -0.508. The Labute approximate surface area is 169 Å². The van der Waals surface area contributed by atoms with Crippen molar-refractivity contribution < 1.29 is 35.9 Å². The molecule has 3 amide bonds. The first-order valence-corrected chi connectivity index (χ1v) is 8.22. The SMILES string of the molecule is CN1C(=O)N(CC#N)C(=O)/C1=C\n1cnc(-c2cc(C(F)(F)F)cc(C(F)(F)F)c2)n1. The Balaban J connectivity index is 2.01. The maximum atomic E-state index is 13.0. The molecule has 31 heavy (non-hydrogen) atoms. The zero-order valence-corrected chi connectivity index (χ0v) is 15.4. The highest BCUT2D eigenvalue weighted by molar-refractivity contribution is 6.13. The molecule has 0 atom stereocenters. The molecule has 2 aromatic rings. The van der Waals surface area contributed by atoms with Gasteiger partial charge in [0.05, 0.1) is 23.4 Å². The van der Waals surface area contributed by atoms with Gasteiger partial charge in [-0.2, -0.15) is 31.6 Å². The Kier molecular flexibility index (Phi) is 5.22. The number of benzene rings is 1. The number of hydrogen-bond donors (Lipinski definition) is 0. The van der Waals surface area contributed by atoms with E-state index in [2.05, 4.69) is 10.1 Å². The number of rotatable bonds is 3. The van der Waals surface area contributed by atoms with Crippen molar-refractivity contribution in [2.75, 3.05) is 13.6 Å². The summed E-state index contributed by atoms with van der Waals surface area (Å²) in [6, 6.07) is 1.77. The highest BCUT2D eigenvalue weighted by Crippen LogP contribution is 2.38. The van der Waals surface area contributed by atoms with E-state index < -0.39 is 53.4 Å². The molecule has 1 fully saturated rings. The van der Waals surface area contributed by atoms with Crippen molar-refractivity contribution in [1.82, 2.24) is 24.6 Å². The van der Waals surface area contributed by atoms with Crippen LogP contribution in [-0.4, -0.2) is 50.1 Å². The van der Waals surface area contributed by atoms with Gasteiger partial charge in [-0.15, -0.1) is 5.10 Å². The number of aromatic nitrogens is 3. The van der Waals surface area contributed by atoms with E-state index in [0.29, 0.717) is 17.0 Å². The molecule has 0 unspecified atom stereocenters. The van der Waals surface area contributed by atoms with Crippen LogP contribution in [0.15, 0.2) is 30.2 Å². The summed E-state index contributed by atoms with van der Waals surface area (Å²) in [4.78, 5) is 29.5. The second-order valence-electron chi connectivity index (χ2n) is 6.25. The van der Waals surface area contributed by atoms with Crippen molar-refractivity contribution in [2.45, 2.75) is 12.4 Å². The minimum Gasteiger partial charge on any atom is -0.291 e. The molecule has 0 saturated carbocycles. The number of nitrogens with zero attached hydrogens (tertiary/aromatic N) is 6. The first-order chi connectivity index (χ1) is 14.3. The number of likely N-dealkylation sites (N-methyl/N-ethyl adjacent to an activating group) is 1. The first kappa shape index (κ1) is 21.8. The fraction of sp³-hybridized carbons (Fsp3) is 0.235. The van der Waals surface area contributed by atoms with E-state index >= 15 is 0 Å². The van der Waals surface area contributed by atoms with Gasteiger partial charge < -0.3 is 0 Å². The van der Waals surface area contributed by atoms with Gasteiger partial charge in [0.1, 0.15) is 18.6 Å². The lowest BCUT2D eigenvalue weighted by atomic mass is 10.0. The van der Waals surface area contributed by atoms with Gasteiger partial charge in [-0.05, 0) is 18.2 Å². The largest absolute Gasteiger partial charge is 0.416 e. The van der Waals surface area contributed by atoms with Gasteiger partial charge in [-0.1, -0.05) is 0 Å². The van der Waals surface area contributed by atoms with E-state index in [0.717, 1.165) is 22.1 Å². The quantitative estimate of drug-likeness (QED) is 0.314. The second kappa shape index (κ2) is 7.42. The zero-order valence-electron chi connectivity index (χ0n) is 15.4. The van der Waals surface area contributed by atoms with Crippen LogP contribution in [0.5, 0.6) is 0 Å². The van der Waals surface area contributed by atoms with E-state index in [1.165, 1.54) is 7.05 Å². The van der Waals surface area contributed by atoms with Crippen molar-refractivity contribution in [3.63, 3.8) is 0 Å². The predicted molar refractivity (Wildman–Crippen MR) is 90.2 cm³/mol. The van der Waals surface area contributed by atoms with Crippen LogP contribution in [0.3, 0.4) is 0 Å². The summed E-state index contributed by atoms with van der Waals surface area (Å²) in [6.07, 6.45) is -8.13. The van der Waals surface area contributed by atoms with Crippen LogP contribution < -0.4 is 0 Å². The first-order valence-electron chi connectivity index (χ1n) is 8.22. The molecule has 162 valence electrons. The molecule has 0 bridgehead atoms. The molecule has 1 aromatic carbocycles. The molecule has 3 rings (SSSR count). The Morgan fingerprint density at radius 1 is 1.06 bits per heavy atom. The minimum atomic E-state index is -5.04. The lowest BCUT2D eigenvalue weighted by molar-refractivity contribution is -0.143. The normalized spacial score (nSPS) is 16.4. The summed E-state index contributed by atoms with van der Waals surface area (Å²) in [7, 11) is 1.24. The number of carbonyl (C=O) groups is 2. The molecule has 1 aliphatic heterocycles. The summed E-state index contributed by atoms with van der Waals surface area (Å²) < 4.78 is 79.0. The molecule has 1 aliphatic rings. The standard InChI is InChI=1S/C17H10F6N6O2/c1-27-12(14(30)29(3-2-24)15(27)31)7-28-8-25-13(26-28)9-4-10(16(18,19)20)6-11(5-9)17(21,22)23/h4-8H,3H2,1H3/b12-7+. The number of alkyl halides is 6. The number of urea groups is 1. The number of carbonyl (C=O) groups excluding carboxylic acids is 2. The van der Waals surface area contributed by atoms with Crippen LogP contribution in [0, 0.1) is 11.3 Å². The lowest BCUT2D eigenvalue weighted by Gasteiger charge is -2.13. The molecule has 2 heterocycles. The summed E-state index contributed by atoms with van der Waals surface area (Å²) in [5.74, 6) is -1.30. The highest BCUT2D eigenvalue weighted by Gasteiger charge is 2.39. The highest BCUT2D eigenvalue weighted by atomic mass is 19.4. The van der Waals surface area contributed by atoms with Crippen LogP contribution in [-0.2, 0) is 17.1 Å². The van der Waals surface area contributed by atoms with Crippen LogP contribution in [0.2, 0.25) is 0 Å². The number of hydrogen-bond acceptors (Lipinski definition) is 5. The number of halogens is 6. The number of imide groups is 1. The predicted octanol–water partition coefficient (Wildman–Crippen LogP) is 3.20. The Bertz CT molecular complexity index is 1100. The molecule has 1 saturated heterocycles. The van der Waals surface area contributed by atoms with Gasteiger partial charge in [0.25, 0.3) is 5.91 Å². The van der Waals surface area contributed by atoms with Crippen LogP contribution >= 0.6 is 0 Å². The van der Waals surface area contributed by atoms with Gasteiger partial charge in [-0.3, -0.25) is 9.69 Å². The molecule has 8 nitrogen and oxygen atoms in total. The molecule has 14 heteroatoms. The molecule has 0 spiro atoms. The van der Waals surface area contributed by atoms with Gasteiger partial charge in [0, 0.05) is 12.6 Å². The third-order valence-corrected chi connectivity index (χ3v) is 4.18. The molecular formula is C17H10F6N6O2. The topological polar surface area (TPSA) is 95.1 Å². The van der Waals surface area contributed by atoms with Gasteiger partial charge in [0.15, 0.2) is 5.82 Å². The van der Waals surface area contributed by atoms with Crippen molar-refractivity contribution >= 4 is 18.1 Å². The molecule has 1 aromatic heterocycles. The Morgan fingerprint density at radius 3 is 2.16 bits per heavy atom. The summed E-state index contributed by atoms with van der Waals surface area (Å²) >= 11 is 0. The average molecular weight is 444 g/mol. The van der Waals surface area contributed by atoms with Crippen LogP contribution in [0.4, 0.5) is 31.1 Å². The fourth-order valence-corrected chi connectivity index (χ4v) is 2.68. The van der Waals surface area contributed by atoms with Crippen molar-refractivity contribution in [2.24, 2.45) is 0 Å². The number of nitriles is 1. The van der Waals surface area contributed by atoms with Crippen LogP contribution in [0.25, 0.3) is 17.6 Å². The molecule has 0 aliphatic carbocycles. The molecule has 0 radical (unpaired) electrons. The van der Waals surface area contributed by atoms with E-state index in [9.17, 15) is 35.9 Å². The van der Waals surface area contributed by atoms with E-state index in [-0.39, 0.29) is 11.8 Å². The van der Waals surface area contributed by atoms with Gasteiger partial charge in [0.2, 0.25) is 0 Å². The zero-order chi connectivity index (χ0) is 23.1. The van der Waals surface area contributed by atoms with Crippen LogP contribution in [0.1, 0.15) is 11.1 Å². The van der Waals surface area contributed by atoms with Gasteiger partial charge in [-0.25, -0.2) is 19.4 Å². The monoisotopic (exact) mass is 444 g/mol. The lowest BCUT2D eigenvalue weighted by Crippen LogP contribution is -2.31. The molecular weight excluding hydrogens is 434 g/mol. The Morgan fingerprint density at radius 2 is 1.65 bits per heavy atom. The minimum absolute atomic E-state index is 0.0238. The van der Waals surface area contributed by atoms with E-state index in [1.807, 2.05) is 0 Å². The van der Waals surface area contributed by atoms with Crippen molar-refractivity contribution in [1.29, 1.82) is 5.26 Å². The summed E-state index contributed by atoms with van der Waals surface area (Å²) in [5, 5.41) is 12.5. The number of amides is 3. The summed E-state index contributed by atoms with van der Waals surface area (Å²) in [5.41, 5.74) is -3.84. The fourth-order valence-electron chi connectivity index (χ4n) is 2.68. The third-order valence-electron chi connectivity index (χ3n) is 4.18. The van der Waals surface area contributed by atoms with Gasteiger partial charge >= 0.3 is 18.4 Å². The van der Waals surface area contributed by atoms with E-state index in [1.54, 1.807) is 6.07 Å². The maximum Gasteiger partial charge on any atom is 0.416 e.